The molecule has 0 N–H and O–H groups in total. The fourth-order valence-electron chi connectivity index (χ4n) is 2.52. The highest BCUT2D eigenvalue weighted by atomic mass is 32.1. The fraction of sp³-hybridized carbons (Fsp3) is 0.412. The number of thiol groups is 1. The first-order valence-corrected chi connectivity index (χ1v) is 7.83. The first kappa shape index (κ1) is 14.3. The molecule has 2 heteroatoms. The van der Waals surface area contributed by atoms with E-state index in [-0.39, 0.29) is 0 Å². The van der Waals surface area contributed by atoms with Crippen molar-refractivity contribution in [1.82, 2.24) is 0 Å². The van der Waals surface area contributed by atoms with Crippen molar-refractivity contribution in [1.29, 1.82) is 0 Å². The van der Waals surface area contributed by atoms with Gasteiger partial charge < -0.3 is 4.90 Å². The molecule has 0 amide bonds. The van der Waals surface area contributed by atoms with Gasteiger partial charge >= 0.3 is 0 Å². The number of unbranched alkanes of at least 4 members (excludes halogenated alkanes) is 2. The number of rotatable bonds is 7. The SMILES string of the molecule is CCN(CCCCCS)c1cccc2ccccc12. The number of benzene rings is 2. The van der Waals surface area contributed by atoms with Gasteiger partial charge in [0.1, 0.15) is 0 Å². The summed E-state index contributed by atoms with van der Waals surface area (Å²) >= 11 is 4.27. The Hall–Kier alpha value is -1.15. The second kappa shape index (κ2) is 7.44. The van der Waals surface area contributed by atoms with E-state index >= 15 is 0 Å². The Morgan fingerprint density at radius 1 is 0.947 bits per heavy atom. The van der Waals surface area contributed by atoms with Crippen molar-refractivity contribution in [2.75, 3.05) is 23.7 Å². The lowest BCUT2D eigenvalue weighted by molar-refractivity contribution is 0.690. The second-order valence-corrected chi connectivity index (χ2v) is 5.31. The molecule has 0 atom stereocenters. The van der Waals surface area contributed by atoms with Gasteiger partial charge in [-0.3, -0.25) is 0 Å². The lowest BCUT2D eigenvalue weighted by Gasteiger charge is -2.24. The minimum atomic E-state index is 1.00. The quantitative estimate of drug-likeness (QED) is 0.562. The van der Waals surface area contributed by atoms with Gasteiger partial charge in [-0.05, 0) is 37.0 Å². The molecule has 2 aromatic rings. The number of nitrogens with zero attached hydrogens (tertiary/aromatic N) is 1. The van der Waals surface area contributed by atoms with Crippen molar-refractivity contribution >= 4 is 29.1 Å². The van der Waals surface area contributed by atoms with Gasteiger partial charge in [0.25, 0.3) is 0 Å². The Labute approximate surface area is 122 Å². The topological polar surface area (TPSA) is 3.24 Å². The predicted octanol–water partition coefficient (Wildman–Crippen LogP) is 4.77. The van der Waals surface area contributed by atoms with Gasteiger partial charge in [-0.2, -0.15) is 12.6 Å². The summed E-state index contributed by atoms with van der Waals surface area (Å²) in [4.78, 5) is 2.49. The summed E-state index contributed by atoms with van der Waals surface area (Å²) in [6, 6.07) is 15.2. The molecule has 1 nitrogen and oxygen atoms in total. The van der Waals surface area contributed by atoms with Crippen LogP contribution in [0.25, 0.3) is 10.8 Å². The molecule has 0 spiro atoms. The number of hydrogen-bond acceptors (Lipinski definition) is 2. The van der Waals surface area contributed by atoms with Crippen molar-refractivity contribution < 1.29 is 0 Å². The molecule has 102 valence electrons. The molecule has 0 fully saturated rings. The van der Waals surface area contributed by atoms with Crippen LogP contribution in [0.2, 0.25) is 0 Å². The van der Waals surface area contributed by atoms with Gasteiger partial charge in [-0.25, -0.2) is 0 Å². The van der Waals surface area contributed by atoms with Gasteiger partial charge in [-0.1, -0.05) is 42.8 Å². The molecule has 2 rings (SSSR count). The number of anilines is 1. The third kappa shape index (κ3) is 3.66. The Kier molecular flexibility index (Phi) is 5.59. The van der Waals surface area contributed by atoms with Crippen LogP contribution < -0.4 is 4.90 Å². The second-order valence-electron chi connectivity index (χ2n) is 4.86. The highest BCUT2D eigenvalue weighted by Crippen LogP contribution is 2.26. The monoisotopic (exact) mass is 273 g/mol. The maximum absolute atomic E-state index is 4.27. The zero-order valence-electron chi connectivity index (χ0n) is 11.7. The molecular formula is C17H23NS. The van der Waals surface area contributed by atoms with Gasteiger partial charge in [-0.15, -0.1) is 0 Å². The van der Waals surface area contributed by atoms with Gasteiger partial charge in [0.15, 0.2) is 0 Å². The molecule has 0 aliphatic heterocycles. The van der Waals surface area contributed by atoms with E-state index in [0.717, 1.165) is 18.8 Å². The Morgan fingerprint density at radius 2 is 1.74 bits per heavy atom. The van der Waals surface area contributed by atoms with Crippen LogP contribution in [-0.2, 0) is 0 Å². The third-order valence-corrected chi connectivity index (χ3v) is 3.89. The van der Waals surface area contributed by atoms with E-state index < -0.39 is 0 Å². The largest absolute Gasteiger partial charge is 0.371 e. The zero-order chi connectivity index (χ0) is 13.5. The molecule has 0 aliphatic rings. The summed E-state index contributed by atoms with van der Waals surface area (Å²) in [7, 11) is 0. The molecule has 0 unspecified atom stereocenters. The molecule has 0 radical (unpaired) electrons. The maximum Gasteiger partial charge on any atom is 0.0445 e. The summed E-state index contributed by atoms with van der Waals surface area (Å²) < 4.78 is 0. The van der Waals surface area contributed by atoms with Crippen molar-refractivity contribution in [2.45, 2.75) is 26.2 Å². The minimum absolute atomic E-state index is 1.00. The van der Waals surface area contributed by atoms with Crippen molar-refractivity contribution in [3.05, 3.63) is 42.5 Å². The van der Waals surface area contributed by atoms with E-state index in [4.69, 9.17) is 0 Å². The van der Waals surface area contributed by atoms with E-state index in [1.807, 2.05) is 0 Å². The Morgan fingerprint density at radius 3 is 2.53 bits per heavy atom. The Bertz CT molecular complexity index is 504. The smallest absolute Gasteiger partial charge is 0.0445 e. The lowest BCUT2D eigenvalue weighted by Crippen LogP contribution is -2.24. The van der Waals surface area contributed by atoms with Crippen LogP contribution in [0.1, 0.15) is 26.2 Å². The predicted molar refractivity (Wildman–Crippen MR) is 89.5 cm³/mol. The molecule has 0 aromatic heterocycles. The summed E-state index contributed by atoms with van der Waals surface area (Å²) in [6.07, 6.45) is 3.73. The summed E-state index contributed by atoms with van der Waals surface area (Å²) in [5, 5.41) is 2.69. The van der Waals surface area contributed by atoms with E-state index in [9.17, 15) is 0 Å². The van der Waals surface area contributed by atoms with Crippen LogP contribution in [0.4, 0.5) is 5.69 Å². The van der Waals surface area contributed by atoms with Crippen molar-refractivity contribution in [2.24, 2.45) is 0 Å². The fourth-order valence-corrected chi connectivity index (χ4v) is 2.75. The highest BCUT2D eigenvalue weighted by Gasteiger charge is 2.07. The minimum Gasteiger partial charge on any atom is -0.371 e. The zero-order valence-corrected chi connectivity index (χ0v) is 12.6. The van der Waals surface area contributed by atoms with Gasteiger partial charge in [0.05, 0.1) is 0 Å². The molecule has 0 bridgehead atoms. The number of hydrogen-bond donors (Lipinski definition) is 1. The van der Waals surface area contributed by atoms with Gasteiger partial charge in [0.2, 0.25) is 0 Å². The third-order valence-electron chi connectivity index (χ3n) is 3.58. The van der Waals surface area contributed by atoms with Gasteiger partial charge in [0, 0.05) is 24.2 Å². The maximum atomic E-state index is 4.27. The molecule has 0 aliphatic carbocycles. The molecule has 2 aromatic carbocycles. The van der Waals surface area contributed by atoms with E-state index in [2.05, 4.69) is 66.9 Å². The normalized spacial score (nSPS) is 10.8. The van der Waals surface area contributed by atoms with Crippen LogP contribution in [0.15, 0.2) is 42.5 Å². The van der Waals surface area contributed by atoms with Crippen LogP contribution in [-0.4, -0.2) is 18.8 Å². The van der Waals surface area contributed by atoms with Crippen LogP contribution in [0, 0.1) is 0 Å². The van der Waals surface area contributed by atoms with Crippen molar-refractivity contribution in [3.8, 4) is 0 Å². The summed E-state index contributed by atoms with van der Waals surface area (Å²) in [5.74, 6) is 1.00. The highest BCUT2D eigenvalue weighted by molar-refractivity contribution is 7.80. The number of fused-ring (bicyclic) bond motifs is 1. The molecule has 0 saturated carbocycles. The van der Waals surface area contributed by atoms with E-state index in [0.29, 0.717) is 0 Å². The van der Waals surface area contributed by atoms with Crippen molar-refractivity contribution in [3.63, 3.8) is 0 Å². The first-order chi connectivity index (χ1) is 9.36. The van der Waals surface area contributed by atoms with Crippen LogP contribution in [0.5, 0.6) is 0 Å². The lowest BCUT2D eigenvalue weighted by atomic mass is 10.1. The molecule has 0 saturated heterocycles. The van der Waals surface area contributed by atoms with E-state index in [1.54, 1.807) is 0 Å². The molecule has 19 heavy (non-hydrogen) atoms. The van der Waals surface area contributed by atoms with Crippen LogP contribution >= 0.6 is 12.6 Å². The first-order valence-electron chi connectivity index (χ1n) is 7.20. The summed E-state index contributed by atoms with van der Waals surface area (Å²) in [5.41, 5.74) is 1.37. The average Bonchev–Trinajstić information content (AvgIpc) is 2.47. The van der Waals surface area contributed by atoms with E-state index in [1.165, 1.54) is 35.7 Å². The molecule has 0 heterocycles. The Balaban J connectivity index is 2.16. The van der Waals surface area contributed by atoms with Crippen LogP contribution in [0.3, 0.4) is 0 Å². The standard InChI is InChI=1S/C17H23NS/c1-2-18(13-6-3-7-14-19)17-12-8-10-15-9-4-5-11-16(15)17/h4-5,8-12,19H,2-3,6-7,13-14H2,1H3. The average molecular weight is 273 g/mol. The summed E-state index contributed by atoms with van der Waals surface area (Å²) in [6.45, 7) is 4.44. The molecular weight excluding hydrogens is 250 g/mol.